The Hall–Kier alpha value is -2.90. The van der Waals surface area contributed by atoms with Crippen LogP contribution in [0.3, 0.4) is 0 Å². The number of rotatable bonds is 1. The second-order valence-corrected chi connectivity index (χ2v) is 4.88. The number of carboxylic acids is 2. The molecule has 1 aromatic rings. The standard InChI is InChI=1S/C10H13N3O.2C2HF3O2/c14-10(9-1-3-11-4-2-9)13-7-5-12-6-8-13;2*3-2(4,5)1(6)7/h1-4,12H,5-8H2;2*(H,6,7). The number of pyridine rings is 1. The number of piperazine rings is 1. The van der Waals surface area contributed by atoms with Crippen molar-refractivity contribution in [2.24, 2.45) is 0 Å². The van der Waals surface area contributed by atoms with Crippen molar-refractivity contribution in [2.75, 3.05) is 26.2 Å². The zero-order valence-electron chi connectivity index (χ0n) is 13.9. The van der Waals surface area contributed by atoms with Gasteiger partial charge in [0.25, 0.3) is 5.91 Å². The average Bonchev–Trinajstić information content (AvgIpc) is 2.62. The molecule has 1 saturated heterocycles. The SMILES string of the molecule is O=C(O)C(F)(F)F.O=C(O)C(F)(F)F.O=C(c1ccncc1)N1CCNCC1. The minimum absolute atomic E-state index is 0.105. The molecule has 28 heavy (non-hydrogen) atoms. The number of carbonyl (C=O) groups is 3. The lowest BCUT2D eigenvalue weighted by Gasteiger charge is -2.27. The lowest BCUT2D eigenvalue weighted by molar-refractivity contribution is -0.193. The summed E-state index contributed by atoms with van der Waals surface area (Å²) < 4.78 is 63.5. The van der Waals surface area contributed by atoms with E-state index in [9.17, 15) is 31.1 Å². The molecule has 0 atom stereocenters. The quantitative estimate of drug-likeness (QED) is 0.589. The van der Waals surface area contributed by atoms with Crippen molar-refractivity contribution < 1.29 is 50.9 Å². The number of amides is 1. The van der Waals surface area contributed by atoms with Crippen LogP contribution in [-0.2, 0) is 9.59 Å². The largest absolute Gasteiger partial charge is 0.490 e. The third-order valence-corrected chi connectivity index (χ3v) is 2.82. The zero-order chi connectivity index (χ0) is 22.0. The number of nitrogens with zero attached hydrogens (tertiary/aromatic N) is 2. The lowest BCUT2D eigenvalue weighted by atomic mass is 10.2. The van der Waals surface area contributed by atoms with Crippen molar-refractivity contribution in [3.8, 4) is 0 Å². The van der Waals surface area contributed by atoms with Gasteiger partial charge in [-0.2, -0.15) is 26.3 Å². The van der Waals surface area contributed by atoms with Gasteiger partial charge in [0.15, 0.2) is 0 Å². The Morgan fingerprint density at radius 2 is 1.25 bits per heavy atom. The van der Waals surface area contributed by atoms with Gasteiger partial charge in [0.2, 0.25) is 0 Å². The number of carboxylic acid groups (broad SMARTS) is 2. The highest BCUT2D eigenvalue weighted by Crippen LogP contribution is 2.13. The summed E-state index contributed by atoms with van der Waals surface area (Å²) in [4.78, 5) is 35.4. The highest BCUT2D eigenvalue weighted by Gasteiger charge is 2.38. The molecule has 1 aromatic heterocycles. The van der Waals surface area contributed by atoms with Crippen LogP contribution in [-0.4, -0.2) is 76.5 Å². The molecule has 0 radical (unpaired) electrons. The number of alkyl halides is 6. The molecule has 1 amide bonds. The summed E-state index contributed by atoms with van der Waals surface area (Å²) in [5, 5.41) is 17.5. The van der Waals surface area contributed by atoms with Gasteiger partial charge >= 0.3 is 24.3 Å². The van der Waals surface area contributed by atoms with Crippen molar-refractivity contribution in [3.05, 3.63) is 30.1 Å². The molecule has 1 aliphatic heterocycles. The number of hydrogen-bond acceptors (Lipinski definition) is 5. The van der Waals surface area contributed by atoms with Crippen molar-refractivity contribution >= 4 is 17.8 Å². The van der Waals surface area contributed by atoms with Crippen LogP contribution < -0.4 is 5.32 Å². The maximum Gasteiger partial charge on any atom is 0.490 e. The van der Waals surface area contributed by atoms with Gasteiger partial charge in [0.05, 0.1) is 0 Å². The fraction of sp³-hybridized carbons (Fsp3) is 0.429. The van der Waals surface area contributed by atoms with E-state index in [-0.39, 0.29) is 5.91 Å². The fourth-order valence-electron chi connectivity index (χ4n) is 1.54. The van der Waals surface area contributed by atoms with Crippen molar-refractivity contribution in [1.82, 2.24) is 15.2 Å². The van der Waals surface area contributed by atoms with Crippen molar-refractivity contribution in [3.63, 3.8) is 0 Å². The molecule has 0 unspecified atom stereocenters. The zero-order valence-corrected chi connectivity index (χ0v) is 13.9. The van der Waals surface area contributed by atoms with E-state index in [4.69, 9.17) is 19.8 Å². The molecule has 1 aliphatic rings. The predicted octanol–water partition coefficient (Wildman–Crippen LogP) is 1.39. The first-order valence-corrected chi connectivity index (χ1v) is 7.27. The molecule has 0 aliphatic carbocycles. The molecule has 2 heterocycles. The first-order valence-electron chi connectivity index (χ1n) is 7.27. The van der Waals surface area contributed by atoms with Gasteiger partial charge in [-0.05, 0) is 12.1 Å². The summed E-state index contributed by atoms with van der Waals surface area (Å²) in [6.45, 7) is 3.36. The molecule has 0 saturated carbocycles. The minimum Gasteiger partial charge on any atom is -0.475 e. The Balaban J connectivity index is 0.000000444. The predicted molar refractivity (Wildman–Crippen MR) is 80.4 cm³/mol. The molecule has 3 N–H and O–H groups in total. The number of aromatic nitrogens is 1. The number of aliphatic carboxylic acids is 2. The van der Waals surface area contributed by atoms with Gasteiger partial charge in [-0.25, -0.2) is 9.59 Å². The van der Waals surface area contributed by atoms with Crippen LogP contribution in [0.5, 0.6) is 0 Å². The molecular formula is C14H15F6N3O5. The third-order valence-electron chi connectivity index (χ3n) is 2.82. The molecule has 1 fully saturated rings. The molecule has 8 nitrogen and oxygen atoms in total. The highest BCUT2D eigenvalue weighted by atomic mass is 19.4. The number of hydrogen-bond donors (Lipinski definition) is 3. The molecule has 158 valence electrons. The monoisotopic (exact) mass is 419 g/mol. The Labute approximate surface area is 153 Å². The summed E-state index contributed by atoms with van der Waals surface area (Å²) in [5.74, 6) is -5.41. The van der Waals surface area contributed by atoms with E-state index in [2.05, 4.69) is 10.3 Å². The number of carbonyl (C=O) groups excluding carboxylic acids is 1. The van der Waals surface area contributed by atoms with Crippen LogP contribution in [0.1, 0.15) is 10.4 Å². The van der Waals surface area contributed by atoms with Gasteiger partial charge in [0, 0.05) is 44.1 Å². The number of nitrogens with one attached hydrogen (secondary N) is 1. The summed E-state index contributed by atoms with van der Waals surface area (Å²) in [5.41, 5.74) is 0.724. The summed E-state index contributed by atoms with van der Waals surface area (Å²) in [6, 6.07) is 3.51. The smallest absolute Gasteiger partial charge is 0.475 e. The Morgan fingerprint density at radius 3 is 1.57 bits per heavy atom. The molecule has 0 spiro atoms. The molecule has 2 rings (SSSR count). The average molecular weight is 419 g/mol. The maximum atomic E-state index is 11.9. The maximum absolute atomic E-state index is 11.9. The van der Waals surface area contributed by atoms with E-state index in [0.717, 1.165) is 31.7 Å². The molecule has 0 aromatic carbocycles. The summed E-state index contributed by atoms with van der Waals surface area (Å²) in [7, 11) is 0. The van der Waals surface area contributed by atoms with E-state index in [1.54, 1.807) is 24.5 Å². The van der Waals surface area contributed by atoms with Crippen LogP contribution in [0.15, 0.2) is 24.5 Å². The van der Waals surface area contributed by atoms with Crippen molar-refractivity contribution in [1.29, 1.82) is 0 Å². The summed E-state index contributed by atoms with van der Waals surface area (Å²) >= 11 is 0. The van der Waals surface area contributed by atoms with Crippen LogP contribution >= 0.6 is 0 Å². The van der Waals surface area contributed by atoms with Crippen LogP contribution in [0.25, 0.3) is 0 Å². The molecule has 14 heteroatoms. The van der Waals surface area contributed by atoms with Crippen LogP contribution in [0.2, 0.25) is 0 Å². The normalized spacial score (nSPS) is 14.0. The van der Waals surface area contributed by atoms with E-state index in [1.807, 2.05) is 4.90 Å². The minimum atomic E-state index is -5.08. The molecule has 0 bridgehead atoms. The van der Waals surface area contributed by atoms with Crippen LogP contribution in [0, 0.1) is 0 Å². The van der Waals surface area contributed by atoms with Crippen LogP contribution in [0.4, 0.5) is 26.3 Å². The first-order chi connectivity index (χ1) is 12.8. The van der Waals surface area contributed by atoms with Crippen molar-refractivity contribution in [2.45, 2.75) is 12.4 Å². The first kappa shape index (κ1) is 25.1. The van der Waals surface area contributed by atoms with E-state index >= 15 is 0 Å². The second kappa shape index (κ2) is 11.1. The summed E-state index contributed by atoms with van der Waals surface area (Å²) in [6.07, 6.45) is -6.87. The second-order valence-electron chi connectivity index (χ2n) is 4.88. The van der Waals surface area contributed by atoms with Gasteiger partial charge in [-0.15, -0.1) is 0 Å². The fourth-order valence-corrected chi connectivity index (χ4v) is 1.54. The van der Waals surface area contributed by atoms with E-state index < -0.39 is 24.3 Å². The van der Waals surface area contributed by atoms with E-state index in [0.29, 0.717) is 0 Å². The lowest BCUT2D eigenvalue weighted by Crippen LogP contribution is -2.46. The number of halogens is 6. The van der Waals surface area contributed by atoms with Gasteiger partial charge in [0.1, 0.15) is 0 Å². The Kier molecular flexibility index (Phi) is 9.91. The Bertz CT molecular complexity index is 621. The topological polar surface area (TPSA) is 120 Å². The van der Waals surface area contributed by atoms with E-state index in [1.165, 1.54) is 0 Å². The van der Waals surface area contributed by atoms with Gasteiger partial charge in [-0.3, -0.25) is 9.78 Å². The van der Waals surface area contributed by atoms with Gasteiger partial charge in [-0.1, -0.05) is 0 Å². The molecular weight excluding hydrogens is 404 g/mol. The Morgan fingerprint density at radius 1 is 0.893 bits per heavy atom. The third kappa shape index (κ3) is 10.3. The van der Waals surface area contributed by atoms with Gasteiger partial charge < -0.3 is 20.4 Å². The highest BCUT2D eigenvalue weighted by molar-refractivity contribution is 5.94.